The summed E-state index contributed by atoms with van der Waals surface area (Å²) in [7, 11) is 1.66. The molecular weight excluding hydrogens is 306 g/mol. The molecule has 0 fully saturated rings. The largest absolute Gasteiger partial charge is 0.496 e. The van der Waals surface area contributed by atoms with Crippen LogP contribution in [0.15, 0.2) is 26.9 Å². The molecule has 1 aromatic heterocycles. The molecule has 0 atom stereocenters. The lowest BCUT2D eigenvalue weighted by atomic mass is 10.2. The number of thiol groups is 1. The third-order valence-corrected chi connectivity index (χ3v) is 4.25. The Bertz CT molecular complexity index is 505. The number of methoxy groups -OCH3 is 1. The Morgan fingerprint density at radius 1 is 1.44 bits per heavy atom. The molecule has 0 bridgehead atoms. The fourth-order valence-corrected chi connectivity index (χ4v) is 2.85. The minimum atomic E-state index is 0.824. The molecule has 0 aliphatic heterocycles. The van der Waals surface area contributed by atoms with Crippen LogP contribution < -0.4 is 4.74 Å². The molecule has 0 spiro atoms. The van der Waals surface area contributed by atoms with E-state index in [2.05, 4.69) is 33.5 Å². The summed E-state index contributed by atoms with van der Waals surface area (Å²) in [5.74, 6) is 0.824. The second-order valence-electron chi connectivity index (χ2n) is 3.25. The summed E-state index contributed by atoms with van der Waals surface area (Å²) in [6, 6.07) is 5.88. The average Bonchev–Trinajstić information content (AvgIpc) is 2.59. The van der Waals surface area contributed by atoms with Gasteiger partial charge in [0, 0.05) is 4.47 Å². The highest BCUT2D eigenvalue weighted by molar-refractivity contribution is 9.10. The van der Waals surface area contributed by atoms with Gasteiger partial charge in [0.25, 0.3) is 0 Å². The number of aromatic nitrogens is 1. The van der Waals surface area contributed by atoms with Crippen molar-refractivity contribution in [1.29, 1.82) is 0 Å². The van der Waals surface area contributed by atoms with Crippen molar-refractivity contribution in [2.24, 2.45) is 0 Å². The highest BCUT2D eigenvalue weighted by Crippen LogP contribution is 2.37. The van der Waals surface area contributed by atoms with Gasteiger partial charge < -0.3 is 4.74 Å². The van der Waals surface area contributed by atoms with Gasteiger partial charge in [-0.05, 0) is 25.1 Å². The van der Waals surface area contributed by atoms with Gasteiger partial charge in [0.15, 0.2) is 0 Å². The summed E-state index contributed by atoms with van der Waals surface area (Å²) >= 11 is 9.37. The van der Waals surface area contributed by atoms with Gasteiger partial charge in [-0.1, -0.05) is 15.9 Å². The first-order valence-electron chi connectivity index (χ1n) is 4.62. The summed E-state index contributed by atoms with van der Waals surface area (Å²) in [4.78, 5) is 4.47. The second kappa shape index (κ2) is 4.77. The molecule has 0 saturated heterocycles. The zero-order valence-corrected chi connectivity index (χ0v) is 12.1. The highest BCUT2D eigenvalue weighted by atomic mass is 79.9. The van der Waals surface area contributed by atoms with Crippen molar-refractivity contribution in [2.75, 3.05) is 7.11 Å². The van der Waals surface area contributed by atoms with Crippen LogP contribution in [-0.4, -0.2) is 12.1 Å². The van der Waals surface area contributed by atoms with E-state index in [-0.39, 0.29) is 0 Å². The van der Waals surface area contributed by atoms with Gasteiger partial charge in [-0.3, -0.25) is 0 Å². The van der Waals surface area contributed by atoms with Crippen LogP contribution in [0.2, 0.25) is 0 Å². The number of rotatable bonds is 2. The van der Waals surface area contributed by atoms with Crippen LogP contribution >= 0.6 is 39.9 Å². The van der Waals surface area contributed by atoms with Crippen molar-refractivity contribution in [2.45, 2.75) is 11.1 Å². The van der Waals surface area contributed by atoms with Crippen molar-refractivity contribution in [3.05, 3.63) is 28.4 Å². The standard InChI is InChI=1S/C11H10BrNOS2/c1-6-11(15)16-10(13-6)8-5-7(12)3-4-9(8)14-2/h3-5,15H,1-2H3. The van der Waals surface area contributed by atoms with Gasteiger partial charge >= 0.3 is 0 Å². The molecule has 0 saturated carbocycles. The summed E-state index contributed by atoms with van der Waals surface area (Å²) in [6.07, 6.45) is 0. The molecular formula is C11H10BrNOS2. The molecule has 0 N–H and O–H groups in total. The number of hydrogen-bond donors (Lipinski definition) is 1. The van der Waals surface area contributed by atoms with Gasteiger partial charge in [-0.15, -0.1) is 24.0 Å². The molecule has 1 heterocycles. The summed E-state index contributed by atoms with van der Waals surface area (Å²) in [5, 5.41) is 0.931. The number of halogens is 1. The lowest BCUT2D eigenvalue weighted by Crippen LogP contribution is -1.87. The molecule has 0 radical (unpaired) electrons. The number of thiazole rings is 1. The highest BCUT2D eigenvalue weighted by Gasteiger charge is 2.12. The van der Waals surface area contributed by atoms with E-state index < -0.39 is 0 Å². The first kappa shape index (κ1) is 12.0. The molecule has 0 aliphatic rings. The van der Waals surface area contributed by atoms with E-state index in [1.165, 1.54) is 0 Å². The van der Waals surface area contributed by atoms with Crippen molar-refractivity contribution < 1.29 is 4.74 Å². The Balaban J connectivity index is 2.57. The predicted octanol–water partition coefficient (Wildman–Crippen LogP) is 4.18. The molecule has 0 amide bonds. The number of ether oxygens (including phenoxy) is 1. The third-order valence-electron chi connectivity index (χ3n) is 2.16. The molecule has 2 aromatic rings. The minimum absolute atomic E-state index is 0.824. The van der Waals surface area contributed by atoms with Crippen molar-refractivity contribution >= 4 is 39.9 Å². The van der Waals surface area contributed by atoms with E-state index in [0.717, 1.165) is 30.7 Å². The van der Waals surface area contributed by atoms with Crippen LogP contribution in [0.4, 0.5) is 0 Å². The molecule has 2 nitrogen and oxygen atoms in total. The lowest BCUT2D eigenvalue weighted by molar-refractivity contribution is 0.416. The van der Waals surface area contributed by atoms with Gasteiger partial charge in [-0.25, -0.2) is 4.98 Å². The Labute approximate surface area is 112 Å². The van der Waals surface area contributed by atoms with Crippen LogP contribution in [0, 0.1) is 6.92 Å². The quantitative estimate of drug-likeness (QED) is 0.840. The van der Waals surface area contributed by atoms with Gasteiger partial charge in [0.05, 0.1) is 22.6 Å². The predicted molar refractivity (Wildman–Crippen MR) is 73.8 cm³/mol. The second-order valence-corrected chi connectivity index (χ2v) is 5.92. The zero-order valence-electron chi connectivity index (χ0n) is 8.82. The maximum Gasteiger partial charge on any atom is 0.129 e. The number of nitrogens with zero attached hydrogens (tertiary/aromatic N) is 1. The summed E-state index contributed by atoms with van der Waals surface area (Å²) in [5.41, 5.74) is 1.94. The Hall–Kier alpha value is -0.520. The Morgan fingerprint density at radius 2 is 2.19 bits per heavy atom. The van der Waals surface area contributed by atoms with E-state index in [4.69, 9.17) is 4.74 Å². The van der Waals surface area contributed by atoms with Crippen LogP contribution in [0.1, 0.15) is 5.69 Å². The van der Waals surface area contributed by atoms with Crippen molar-refractivity contribution in [3.8, 4) is 16.3 Å². The number of benzene rings is 1. The molecule has 2 rings (SSSR count). The number of hydrogen-bond acceptors (Lipinski definition) is 4. The first-order chi connectivity index (χ1) is 7.61. The fraction of sp³-hybridized carbons (Fsp3) is 0.182. The minimum Gasteiger partial charge on any atom is -0.496 e. The third kappa shape index (κ3) is 2.26. The Morgan fingerprint density at radius 3 is 2.75 bits per heavy atom. The summed E-state index contributed by atoms with van der Waals surface area (Å²) in [6.45, 7) is 1.95. The van der Waals surface area contributed by atoms with Gasteiger partial charge in [0.2, 0.25) is 0 Å². The number of aryl methyl sites for hydroxylation is 1. The van der Waals surface area contributed by atoms with Gasteiger partial charge in [-0.2, -0.15) is 0 Å². The zero-order chi connectivity index (χ0) is 11.7. The molecule has 5 heteroatoms. The SMILES string of the molecule is COc1ccc(Br)cc1-c1nc(C)c(S)s1. The first-order valence-corrected chi connectivity index (χ1v) is 6.68. The lowest BCUT2D eigenvalue weighted by Gasteiger charge is -2.05. The van der Waals surface area contributed by atoms with E-state index in [0.29, 0.717) is 0 Å². The molecule has 84 valence electrons. The van der Waals surface area contributed by atoms with Crippen molar-refractivity contribution in [1.82, 2.24) is 4.98 Å². The molecule has 0 unspecified atom stereocenters. The molecule has 16 heavy (non-hydrogen) atoms. The fourth-order valence-electron chi connectivity index (χ4n) is 1.35. The van der Waals surface area contributed by atoms with Crippen LogP contribution in [0.25, 0.3) is 10.6 Å². The molecule has 0 aliphatic carbocycles. The van der Waals surface area contributed by atoms with Crippen LogP contribution in [0.3, 0.4) is 0 Å². The van der Waals surface area contributed by atoms with Crippen molar-refractivity contribution in [3.63, 3.8) is 0 Å². The van der Waals surface area contributed by atoms with E-state index in [1.807, 2.05) is 25.1 Å². The normalized spacial score (nSPS) is 10.5. The van der Waals surface area contributed by atoms with E-state index >= 15 is 0 Å². The maximum atomic E-state index is 5.32. The summed E-state index contributed by atoms with van der Waals surface area (Å²) < 4.78 is 7.28. The van der Waals surface area contributed by atoms with E-state index in [9.17, 15) is 0 Å². The Kier molecular flexibility index (Phi) is 3.56. The van der Waals surface area contributed by atoms with Gasteiger partial charge in [0.1, 0.15) is 10.8 Å². The maximum absolute atomic E-state index is 5.32. The van der Waals surface area contributed by atoms with E-state index in [1.54, 1.807) is 18.4 Å². The average molecular weight is 316 g/mol. The molecule has 1 aromatic carbocycles. The smallest absolute Gasteiger partial charge is 0.129 e. The van der Waals surface area contributed by atoms with Crippen LogP contribution in [0.5, 0.6) is 5.75 Å². The van der Waals surface area contributed by atoms with Crippen LogP contribution in [-0.2, 0) is 0 Å². The monoisotopic (exact) mass is 315 g/mol. The topological polar surface area (TPSA) is 22.1 Å².